The van der Waals surface area contributed by atoms with Crippen LogP contribution in [0.25, 0.3) is 0 Å². The SMILES string of the molecule is Cc1cccc(C(=O)NC(Cc2ccccc2)c2nnc(N3CCSCC3)o2)c1. The summed E-state index contributed by atoms with van der Waals surface area (Å²) in [6.07, 6.45) is 0.579. The first kappa shape index (κ1) is 19.5. The molecule has 29 heavy (non-hydrogen) atoms. The first-order chi connectivity index (χ1) is 14.2. The Hall–Kier alpha value is -2.80. The molecule has 0 aliphatic carbocycles. The number of aryl methyl sites for hydroxylation is 1. The fourth-order valence-corrected chi connectivity index (χ4v) is 4.23. The second-order valence-corrected chi connectivity index (χ2v) is 8.33. The van der Waals surface area contributed by atoms with Crippen LogP contribution in [0.15, 0.2) is 59.0 Å². The van der Waals surface area contributed by atoms with E-state index in [4.69, 9.17) is 4.42 Å². The number of anilines is 1. The maximum Gasteiger partial charge on any atom is 0.318 e. The summed E-state index contributed by atoms with van der Waals surface area (Å²) in [6, 6.07) is 17.7. The Morgan fingerprint density at radius 2 is 1.93 bits per heavy atom. The lowest BCUT2D eigenvalue weighted by atomic mass is 10.0. The van der Waals surface area contributed by atoms with E-state index < -0.39 is 6.04 Å². The van der Waals surface area contributed by atoms with Crippen LogP contribution in [0.5, 0.6) is 0 Å². The van der Waals surface area contributed by atoms with Crippen molar-refractivity contribution in [3.05, 3.63) is 77.2 Å². The Labute approximate surface area is 174 Å². The number of aromatic nitrogens is 2. The number of amides is 1. The van der Waals surface area contributed by atoms with Crippen molar-refractivity contribution in [1.29, 1.82) is 0 Å². The minimum absolute atomic E-state index is 0.149. The Bertz CT molecular complexity index is 954. The van der Waals surface area contributed by atoms with Crippen LogP contribution in [0, 0.1) is 6.92 Å². The summed E-state index contributed by atoms with van der Waals surface area (Å²) in [5.74, 6) is 2.39. The van der Waals surface area contributed by atoms with Crippen LogP contribution in [0.3, 0.4) is 0 Å². The van der Waals surface area contributed by atoms with Crippen LogP contribution in [-0.4, -0.2) is 40.7 Å². The van der Waals surface area contributed by atoms with E-state index >= 15 is 0 Å². The molecule has 1 aliphatic heterocycles. The fraction of sp³-hybridized carbons (Fsp3) is 0.318. The van der Waals surface area contributed by atoms with E-state index in [1.54, 1.807) is 0 Å². The predicted octanol–water partition coefficient (Wildman–Crippen LogP) is 3.65. The summed E-state index contributed by atoms with van der Waals surface area (Å²) < 4.78 is 6.00. The van der Waals surface area contributed by atoms with Crippen molar-refractivity contribution in [3.63, 3.8) is 0 Å². The van der Waals surface area contributed by atoms with E-state index in [0.29, 0.717) is 23.9 Å². The summed E-state index contributed by atoms with van der Waals surface area (Å²) in [4.78, 5) is 15.0. The van der Waals surface area contributed by atoms with Crippen molar-refractivity contribution in [1.82, 2.24) is 15.5 Å². The molecule has 1 aromatic heterocycles. The molecule has 150 valence electrons. The number of carbonyl (C=O) groups excluding carboxylic acids is 1. The van der Waals surface area contributed by atoms with E-state index in [1.807, 2.05) is 73.3 Å². The van der Waals surface area contributed by atoms with E-state index in [1.165, 1.54) is 0 Å². The minimum atomic E-state index is -0.397. The number of hydrogen-bond donors (Lipinski definition) is 1. The molecule has 4 rings (SSSR count). The lowest BCUT2D eigenvalue weighted by Gasteiger charge is -2.24. The zero-order valence-electron chi connectivity index (χ0n) is 16.4. The van der Waals surface area contributed by atoms with Gasteiger partial charge in [-0.1, -0.05) is 53.1 Å². The second-order valence-electron chi connectivity index (χ2n) is 7.11. The van der Waals surface area contributed by atoms with Crippen LogP contribution in [0.2, 0.25) is 0 Å². The second kappa shape index (κ2) is 9.13. The van der Waals surface area contributed by atoms with E-state index in [-0.39, 0.29) is 5.91 Å². The molecule has 1 unspecified atom stereocenters. The molecular weight excluding hydrogens is 384 g/mol. The summed E-state index contributed by atoms with van der Waals surface area (Å²) >= 11 is 1.93. The van der Waals surface area contributed by atoms with Crippen LogP contribution in [0.4, 0.5) is 6.01 Å². The highest BCUT2D eigenvalue weighted by molar-refractivity contribution is 7.99. The zero-order valence-corrected chi connectivity index (χ0v) is 17.2. The highest BCUT2D eigenvalue weighted by Crippen LogP contribution is 2.23. The number of nitrogens with one attached hydrogen (secondary N) is 1. The van der Waals surface area contributed by atoms with E-state index in [0.717, 1.165) is 35.7 Å². The van der Waals surface area contributed by atoms with Crippen molar-refractivity contribution >= 4 is 23.7 Å². The van der Waals surface area contributed by atoms with Crippen molar-refractivity contribution in [2.45, 2.75) is 19.4 Å². The van der Waals surface area contributed by atoms with Gasteiger partial charge in [-0.15, -0.1) is 5.10 Å². The topological polar surface area (TPSA) is 71.3 Å². The van der Waals surface area contributed by atoms with Crippen LogP contribution >= 0.6 is 11.8 Å². The highest BCUT2D eigenvalue weighted by Gasteiger charge is 2.24. The molecule has 1 N–H and O–H groups in total. The fourth-order valence-electron chi connectivity index (χ4n) is 3.33. The maximum atomic E-state index is 12.9. The van der Waals surface area contributed by atoms with Gasteiger partial charge >= 0.3 is 6.01 Å². The third-order valence-corrected chi connectivity index (χ3v) is 5.82. The molecule has 1 aliphatic rings. The van der Waals surface area contributed by atoms with Crippen LogP contribution < -0.4 is 10.2 Å². The van der Waals surface area contributed by atoms with Gasteiger partial charge in [-0.25, -0.2) is 0 Å². The molecule has 0 spiro atoms. The molecule has 1 fully saturated rings. The van der Waals surface area contributed by atoms with Crippen molar-refractivity contribution in [2.24, 2.45) is 0 Å². The monoisotopic (exact) mass is 408 g/mol. The maximum absolute atomic E-state index is 12.9. The third-order valence-electron chi connectivity index (χ3n) is 4.88. The standard InChI is InChI=1S/C22H24N4O2S/c1-16-6-5-9-18(14-16)20(27)23-19(15-17-7-3-2-4-8-17)21-24-25-22(28-21)26-10-12-29-13-11-26/h2-9,14,19H,10-13,15H2,1H3,(H,23,27). The number of thioether (sulfide) groups is 1. The molecule has 0 saturated carbocycles. The molecule has 0 bridgehead atoms. The Morgan fingerprint density at radius 3 is 2.69 bits per heavy atom. The first-order valence-corrected chi connectivity index (χ1v) is 10.9. The van der Waals surface area contributed by atoms with E-state index in [2.05, 4.69) is 20.4 Å². The van der Waals surface area contributed by atoms with Gasteiger partial charge in [0.1, 0.15) is 6.04 Å². The molecule has 0 radical (unpaired) electrons. The molecule has 6 nitrogen and oxygen atoms in total. The van der Waals surface area contributed by atoms with Gasteiger partial charge in [-0.3, -0.25) is 4.79 Å². The Balaban J connectivity index is 1.56. The molecule has 2 aromatic carbocycles. The summed E-state index contributed by atoms with van der Waals surface area (Å²) in [7, 11) is 0. The van der Waals surface area contributed by atoms with Gasteiger partial charge in [0.05, 0.1) is 0 Å². The molecule has 3 aromatic rings. The largest absolute Gasteiger partial charge is 0.406 e. The predicted molar refractivity (Wildman–Crippen MR) is 115 cm³/mol. The third kappa shape index (κ3) is 4.98. The molecule has 1 amide bonds. The number of carbonyl (C=O) groups is 1. The van der Waals surface area contributed by atoms with Crippen LogP contribution in [0.1, 0.15) is 33.4 Å². The number of nitrogens with zero attached hydrogens (tertiary/aromatic N) is 3. The highest BCUT2D eigenvalue weighted by atomic mass is 32.2. The van der Waals surface area contributed by atoms with Crippen LogP contribution in [-0.2, 0) is 6.42 Å². The van der Waals surface area contributed by atoms with Crippen molar-refractivity contribution in [2.75, 3.05) is 29.5 Å². The smallest absolute Gasteiger partial charge is 0.318 e. The van der Waals surface area contributed by atoms with Gasteiger partial charge < -0.3 is 14.6 Å². The average molecular weight is 409 g/mol. The normalized spacial score (nSPS) is 15.1. The lowest BCUT2D eigenvalue weighted by molar-refractivity contribution is 0.0930. The Morgan fingerprint density at radius 1 is 1.14 bits per heavy atom. The zero-order chi connectivity index (χ0) is 20.1. The van der Waals surface area contributed by atoms with Gasteiger partial charge in [0.2, 0.25) is 5.89 Å². The summed E-state index contributed by atoms with van der Waals surface area (Å²) in [6.45, 7) is 3.76. The molecule has 2 heterocycles. The molecule has 7 heteroatoms. The average Bonchev–Trinajstić information content (AvgIpc) is 3.25. The lowest BCUT2D eigenvalue weighted by Crippen LogP contribution is -2.32. The minimum Gasteiger partial charge on any atom is -0.406 e. The number of benzene rings is 2. The van der Waals surface area contributed by atoms with E-state index in [9.17, 15) is 4.79 Å². The summed E-state index contributed by atoms with van der Waals surface area (Å²) in [5.41, 5.74) is 2.76. The van der Waals surface area contributed by atoms with Gasteiger partial charge in [-0.2, -0.15) is 11.8 Å². The van der Waals surface area contributed by atoms with Crippen molar-refractivity contribution in [3.8, 4) is 0 Å². The molecule has 1 saturated heterocycles. The molecule has 1 atom stereocenters. The van der Waals surface area contributed by atoms with Gasteiger partial charge in [-0.05, 0) is 24.6 Å². The van der Waals surface area contributed by atoms with Gasteiger partial charge in [0.15, 0.2) is 0 Å². The quantitative estimate of drug-likeness (QED) is 0.671. The van der Waals surface area contributed by atoms with Crippen molar-refractivity contribution < 1.29 is 9.21 Å². The molecular formula is C22H24N4O2S. The Kier molecular flexibility index (Phi) is 6.14. The van der Waals surface area contributed by atoms with Gasteiger partial charge in [0, 0.05) is 36.6 Å². The first-order valence-electron chi connectivity index (χ1n) is 9.76. The summed E-state index contributed by atoms with van der Waals surface area (Å²) in [5, 5.41) is 11.6. The number of hydrogen-bond acceptors (Lipinski definition) is 6. The van der Waals surface area contributed by atoms with Gasteiger partial charge in [0.25, 0.3) is 5.91 Å². The number of rotatable bonds is 6.